The van der Waals surface area contributed by atoms with Gasteiger partial charge in [0.1, 0.15) is 0 Å². The summed E-state index contributed by atoms with van der Waals surface area (Å²) >= 11 is 13.9. The number of amides is 3. The number of carbonyl (C=O) groups excluding carboxylic acids is 2. The van der Waals surface area contributed by atoms with E-state index in [0.29, 0.717) is 35.2 Å². The highest BCUT2D eigenvalue weighted by Gasteiger charge is 2.47. The van der Waals surface area contributed by atoms with Crippen LogP contribution in [-0.2, 0) is 0 Å². The van der Waals surface area contributed by atoms with E-state index in [9.17, 15) is 9.59 Å². The van der Waals surface area contributed by atoms with Crippen LogP contribution in [0.4, 0.5) is 4.79 Å². The Labute approximate surface area is 174 Å². The van der Waals surface area contributed by atoms with Gasteiger partial charge in [0.2, 0.25) is 0 Å². The van der Waals surface area contributed by atoms with E-state index in [-0.39, 0.29) is 22.3 Å². The second-order valence-electron chi connectivity index (χ2n) is 8.05. The minimum atomic E-state index is -0.260. The smallest absolute Gasteiger partial charge is 0.317 e. The van der Waals surface area contributed by atoms with Gasteiger partial charge in [-0.3, -0.25) is 4.79 Å². The molecule has 1 spiro atoms. The zero-order valence-electron chi connectivity index (χ0n) is 15.8. The Morgan fingerprint density at radius 1 is 1.11 bits per heavy atom. The topological polar surface area (TPSA) is 52.7 Å². The molecule has 148 valence electrons. The van der Waals surface area contributed by atoms with Crippen molar-refractivity contribution in [2.24, 2.45) is 0 Å². The van der Waals surface area contributed by atoms with Gasteiger partial charge in [-0.25, -0.2) is 4.79 Å². The number of nitrogens with one attached hydrogen (secondary N) is 1. The van der Waals surface area contributed by atoms with Crippen LogP contribution in [0, 0.1) is 0 Å². The Hall–Kier alpha value is -1.11. The van der Waals surface area contributed by atoms with Gasteiger partial charge in [-0.1, -0.05) is 23.2 Å². The molecular weight excluding hydrogens is 405 g/mol. The number of thioether (sulfide) groups is 1. The van der Waals surface area contributed by atoms with Crippen molar-refractivity contribution in [3.8, 4) is 0 Å². The molecule has 0 aliphatic carbocycles. The van der Waals surface area contributed by atoms with Crippen molar-refractivity contribution in [1.82, 2.24) is 15.1 Å². The highest BCUT2D eigenvalue weighted by atomic mass is 35.5. The summed E-state index contributed by atoms with van der Waals surface area (Å²) in [7, 11) is 0. The third-order valence-electron chi connectivity index (χ3n) is 4.90. The maximum Gasteiger partial charge on any atom is 0.317 e. The van der Waals surface area contributed by atoms with E-state index in [2.05, 4.69) is 5.32 Å². The van der Waals surface area contributed by atoms with E-state index in [1.807, 2.05) is 42.3 Å². The fraction of sp³-hybridized carbons (Fsp3) is 0.579. The minimum Gasteiger partial charge on any atom is -0.333 e. The van der Waals surface area contributed by atoms with Crippen molar-refractivity contribution in [3.05, 3.63) is 33.8 Å². The number of halogens is 2. The van der Waals surface area contributed by atoms with Gasteiger partial charge in [0.25, 0.3) is 5.91 Å². The van der Waals surface area contributed by atoms with E-state index in [4.69, 9.17) is 23.2 Å². The lowest BCUT2D eigenvalue weighted by Crippen LogP contribution is -2.56. The predicted molar refractivity (Wildman–Crippen MR) is 112 cm³/mol. The maximum absolute atomic E-state index is 13.1. The van der Waals surface area contributed by atoms with Gasteiger partial charge in [0, 0.05) is 36.5 Å². The molecule has 0 atom stereocenters. The van der Waals surface area contributed by atoms with Crippen molar-refractivity contribution in [1.29, 1.82) is 0 Å². The Balaban J connectivity index is 1.70. The second-order valence-corrected chi connectivity index (χ2v) is 10.3. The summed E-state index contributed by atoms with van der Waals surface area (Å²) < 4.78 is 0. The number of benzene rings is 1. The molecule has 3 rings (SSSR count). The molecule has 2 aliphatic rings. The van der Waals surface area contributed by atoms with Crippen molar-refractivity contribution in [2.75, 3.05) is 25.4 Å². The molecule has 0 saturated carbocycles. The third-order valence-corrected chi connectivity index (χ3v) is 7.19. The van der Waals surface area contributed by atoms with Crippen LogP contribution >= 0.6 is 35.0 Å². The first-order valence-electron chi connectivity index (χ1n) is 9.09. The quantitative estimate of drug-likeness (QED) is 0.715. The lowest BCUT2D eigenvalue weighted by atomic mass is 10.0. The summed E-state index contributed by atoms with van der Waals surface area (Å²) in [6.07, 6.45) is 1.53. The first-order chi connectivity index (χ1) is 12.6. The molecule has 0 aromatic heterocycles. The molecule has 1 N–H and O–H groups in total. The molecule has 0 unspecified atom stereocenters. The standard InChI is InChI=1S/C19H25Cl2N3O2S/c1-18(2,3)22-17(26)23-8-6-19(7-9-23)24(10-11-27-19)16(25)13-4-5-14(20)15(21)12-13/h4-5,12H,6-11H2,1-3H3,(H,22,26). The number of hydrogen-bond acceptors (Lipinski definition) is 3. The molecule has 0 bridgehead atoms. The SMILES string of the molecule is CC(C)(C)NC(=O)N1CCC2(CC1)SCCN2C(=O)c1ccc(Cl)c(Cl)c1. The Kier molecular flexibility index (Phi) is 5.90. The predicted octanol–water partition coefficient (Wildman–Crippen LogP) is 4.48. The van der Waals surface area contributed by atoms with Crippen molar-refractivity contribution in [2.45, 2.75) is 44.0 Å². The second kappa shape index (κ2) is 7.72. The molecule has 1 aromatic rings. The van der Waals surface area contributed by atoms with Gasteiger partial charge in [-0.2, -0.15) is 0 Å². The van der Waals surface area contributed by atoms with Crippen LogP contribution in [0.15, 0.2) is 18.2 Å². The van der Waals surface area contributed by atoms with E-state index in [1.165, 1.54) is 0 Å². The average Bonchev–Trinajstić information content (AvgIpc) is 2.99. The fourth-order valence-corrected chi connectivity index (χ4v) is 5.31. The van der Waals surface area contributed by atoms with Crippen molar-refractivity contribution < 1.29 is 9.59 Å². The highest BCUT2D eigenvalue weighted by Crippen LogP contribution is 2.44. The monoisotopic (exact) mass is 429 g/mol. The summed E-state index contributed by atoms with van der Waals surface area (Å²) in [6.45, 7) is 7.90. The lowest BCUT2D eigenvalue weighted by Gasteiger charge is -2.44. The summed E-state index contributed by atoms with van der Waals surface area (Å²) in [5.74, 6) is 0.882. The largest absolute Gasteiger partial charge is 0.333 e. The number of nitrogens with zero attached hydrogens (tertiary/aromatic N) is 2. The molecular formula is C19H25Cl2N3O2S. The molecule has 1 aromatic carbocycles. The zero-order valence-corrected chi connectivity index (χ0v) is 18.2. The van der Waals surface area contributed by atoms with Gasteiger partial charge in [-0.05, 0) is 51.8 Å². The van der Waals surface area contributed by atoms with Gasteiger partial charge in [0.15, 0.2) is 0 Å². The van der Waals surface area contributed by atoms with Crippen LogP contribution < -0.4 is 5.32 Å². The Morgan fingerprint density at radius 3 is 2.37 bits per heavy atom. The number of likely N-dealkylation sites (tertiary alicyclic amines) is 1. The van der Waals surface area contributed by atoms with E-state index >= 15 is 0 Å². The summed E-state index contributed by atoms with van der Waals surface area (Å²) in [6, 6.07) is 4.98. The average molecular weight is 430 g/mol. The maximum atomic E-state index is 13.1. The summed E-state index contributed by atoms with van der Waals surface area (Å²) in [4.78, 5) is 29.1. The van der Waals surface area contributed by atoms with E-state index < -0.39 is 0 Å². The van der Waals surface area contributed by atoms with Gasteiger partial charge >= 0.3 is 6.03 Å². The van der Waals surface area contributed by atoms with Crippen LogP contribution in [0.25, 0.3) is 0 Å². The molecule has 0 radical (unpaired) electrons. The van der Waals surface area contributed by atoms with E-state index in [1.54, 1.807) is 18.2 Å². The lowest BCUT2D eigenvalue weighted by molar-refractivity contribution is 0.0579. The molecule has 8 heteroatoms. The molecule has 3 amide bonds. The number of rotatable bonds is 1. The Morgan fingerprint density at radius 2 is 1.78 bits per heavy atom. The highest BCUT2D eigenvalue weighted by molar-refractivity contribution is 8.00. The van der Waals surface area contributed by atoms with Gasteiger partial charge in [-0.15, -0.1) is 11.8 Å². The molecule has 2 heterocycles. The summed E-state index contributed by atoms with van der Waals surface area (Å²) in [5, 5.41) is 3.84. The first kappa shape index (κ1) is 20.6. The van der Waals surface area contributed by atoms with Gasteiger partial charge < -0.3 is 15.1 Å². The number of urea groups is 1. The normalized spacial score (nSPS) is 19.4. The van der Waals surface area contributed by atoms with Crippen LogP contribution in [0.1, 0.15) is 44.0 Å². The Bertz CT molecular complexity index is 743. The van der Waals surface area contributed by atoms with Crippen molar-refractivity contribution >= 4 is 46.9 Å². The fourth-order valence-electron chi connectivity index (χ4n) is 3.55. The minimum absolute atomic E-state index is 0.0221. The number of hydrogen-bond donors (Lipinski definition) is 1. The van der Waals surface area contributed by atoms with Crippen LogP contribution in [0.3, 0.4) is 0 Å². The van der Waals surface area contributed by atoms with E-state index in [0.717, 1.165) is 18.6 Å². The number of carbonyl (C=O) groups is 2. The van der Waals surface area contributed by atoms with Gasteiger partial charge in [0.05, 0.1) is 14.9 Å². The van der Waals surface area contributed by atoms with Crippen molar-refractivity contribution in [3.63, 3.8) is 0 Å². The van der Waals surface area contributed by atoms with Crippen LogP contribution in [0.2, 0.25) is 10.0 Å². The summed E-state index contributed by atoms with van der Waals surface area (Å²) in [5.41, 5.74) is 0.295. The molecule has 27 heavy (non-hydrogen) atoms. The third kappa shape index (κ3) is 4.49. The van der Waals surface area contributed by atoms with Crippen LogP contribution in [-0.4, -0.2) is 57.5 Å². The molecule has 5 nitrogen and oxygen atoms in total. The molecule has 2 saturated heterocycles. The molecule has 2 fully saturated rings. The van der Waals surface area contributed by atoms with Crippen LogP contribution in [0.5, 0.6) is 0 Å². The zero-order chi connectivity index (χ0) is 19.8. The first-order valence-corrected chi connectivity index (χ1v) is 10.8. The molecule has 2 aliphatic heterocycles. The number of piperidine rings is 1.